The van der Waals surface area contributed by atoms with Gasteiger partial charge in [0.05, 0.1) is 11.7 Å². The van der Waals surface area contributed by atoms with Gasteiger partial charge in [-0.1, -0.05) is 0 Å². The molecule has 1 aromatic rings. The van der Waals surface area contributed by atoms with Crippen LogP contribution in [-0.2, 0) is 15.9 Å². The minimum Gasteiger partial charge on any atom is -0.390 e. The summed E-state index contributed by atoms with van der Waals surface area (Å²) in [5.74, 6) is 0. The Hall–Kier alpha value is -0.490. The van der Waals surface area contributed by atoms with Gasteiger partial charge in [0, 0.05) is 55.9 Å². The number of nitrogens with zero attached hydrogens (tertiary/aromatic N) is 1. The van der Waals surface area contributed by atoms with Crippen molar-refractivity contribution in [2.75, 3.05) is 19.8 Å². The maximum absolute atomic E-state index is 10.6. The van der Waals surface area contributed by atoms with Gasteiger partial charge in [-0.2, -0.15) is 0 Å². The van der Waals surface area contributed by atoms with Crippen LogP contribution in [0.25, 0.3) is 0 Å². The molecule has 0 aliphatic carbocycles. The van der Waals surface area contributed by atoms with Crippen molar-refractivity contribution in [2.45, 2.75) is 37.9 Å². The SMILES string of the molecule is CCOC1(C(O)Cc2cncc(Br)c2)CCOCC1. The summed E-state index contributed by atoms with van der Waals surface area (Å²) in [6, 6.07) is 1.98. The minimum atomic E-state index is -0.535. The molecule has 0 aromatic carbocycles. The van der Waals surface area contributed by atoms with Crippen LogP contribution >= 0.6 is 15.9 Å². The van der Waals surface area contributed by atoms with E-state index in [0.29, 0.717) is 26.2 Å². The minimum absolute atomic E-state index is 0.477. The van der Waals surface area contributed by atoms with Gasteiger partial charge in [0.1, 0.15) is 0 Å². The fourth-order valence-corrected chi connectivity index (χ4v) is 2.97. The summed E-state index contributed by atoms with van der Waals surface area (Å²) in [7, 11) is 0. The van der Waals surface area contributed by atoms with E-state index in [1.807, 2.05) is 13.0 Å². The van der Waals surface area contributed by atoms with Gasteiger partial charge in [0.15, 0.2) is 0 Å². The quantitative estimate of drug-likeness (QED) is 0.900. The van der Waals surface area contributed by atoms with Gasteiger partial charge < -0.3 is 14.6 Å². The monoisotopic (exact) mass is 329 g/mol. The van der Waals surface area contributed by atoms with Crippen molar-refractivity contribution in [3.8, 4) is 0 Å². The van der Waals surface area contributed by atoms with E-state index in [4.69, 9.17) is 9.47 Å². The summed E-state index contributed by atoms with van der Waals surface area (Å²) in [5.41, 5.74) is 0.530. The highest BCUT2D eigenvalue weighted by atomic mass is 79.9. The Labute approximate surface area is 122 Å². The van der Waals surface area contributed by atoms with Crippen LogP contribution in [-0.4, -0.2) is 41.6 Å². The Balaban J connectivity index is 2.08. The van der Waals surface area contributed by atoms with Gasteiger partial charge >= 0.3 is 0 Å². The molecule has 2 heterocycles. The summed E-state index contributed by atoms with van der Waals surface area (Å²) < 4.78 is 12.2. The standard InChI is InChI=1S/C14H20BrNO3/c1-2-19-14(3-5-18-6-4-14)13(17)8-11-7-12(15)10-16-9-11/h7,9-10,13,17H,2-6,8H2,1H3. The molecule has 1 aliphatic heterocycles. The second-order valence-electron chi connectivity index (χ2n) is 4.84. The Kier molecular flexibility index (Phi) is 5.33. The topological polar surface area (TPSA) is 51.6 Å². The van der Waals surface area contributed by atoms with Crippen molar-refractivity contribution in [1.29, 1.82) is 0 Å². The molecule has 106 valence electrons. The van der Waals surface area contributed by atoms with E-state index >= 15 is 0 Å². The molecular weight excluding hydrogens is 310 g/mol. The van der Waals surface area contributed by atoms with Gasteiger partial charge in [0.25, 0.3) is 0 Å². The molecule has 2 rings (SSSR count). The average Bonchev–Trinajstić information content (AvgIpc) is 2.40. The molecule has 1 aromatic heterocycles. The number of halogens is 1. The Morgan fingerprint density at radius 1 is 1.47 bits per heavy atom. The van der Waals surface area contributed by atoms with E-state index in [-0.39, 0.29) is 0 Å². The third kappa shape index (κ3) is 3.75. The van der Waals surface area contributed by atoms with Crippen LogP contribution in [0.2, 0.25) is 0 Å². The smallest absolute Gasteiger partial charge is 0.0987 e. The first-order chi connectivity index (χ1) is 9.16. The Morgan fingerprint density at radius 3 is 2.84 bits per heavy atom. The lowest BCUT2D eigenvalue weighted by molar-refractivity contribution is -0.165. The Bertz CT molecular complexity index is 402. The molecule has 0 amide bonds. The molecule has 1 unspecified atom stereocenters. The van der Waals surface area contributed by atoms with Crippen molar-refractivity contribution in [1.82, 2.24) is 4.98 Å². The number of ether oxygens (including phenoxy) is 2. The first-order valence-corrected chi connectivity index (χ1v) is 7.45. The van der Waals surface area contributed by atoms with Crippen molar-refractivity contribution in [3.05, 3.63) is 28.5 Å². The lowest BCUT2D eigenvalue weighted by Gasteiger charge is -2.40. The zero-order chi connectivity index (χ0) is 13.7. The van der Waals surface area contributed by atoms with Gasteiger partial charge in [-0.3, -0.25) is 4.98 Å². The number of hydrogen-bond acceptors (Lipinski definition) is 4. The fraction of sp³-hybridized carbons (Fsp3) is 0.643. The maximum atomic E-state index is 10.6. The summed E-state index contributed by atoms with van der Waals surface area (Å²) >= 11 is 3.40. The van der Waals surface area contributed by atoms with Gasteiger partial charge in [-0.25, -0.2) is 0 Å². The zero-order valence-electron chi connectivity index (χ0n) is 11.1. The van der Waals surface area contributed by atoms with E-state index in [9.17, 15) is 5.11 Å². The normalized spacial score (nSPS) is 20.2. The van der Waals surface area contributed by atoms with Crippen LogP contribution < -0.4 is 0 Å². The summed E-state index contributed by atoms with van der Waals surface area (Å²) in [5, 5.41) is 10.6. The molecule has 19 heavy (non-hydrogen) atoms. The highest BCUT2D eigenvalue weighted by Gasteiger charge is 2.40. The van der Waals surface area contributed by atoms with Gasteiger partial charge in [-0.15, -0.1) is 0 Å². The summed E-state index contributed by atoms with van der Waals surface area (Å²) in [6.07, 6.45) is 5.02. The highest BCUT2D eigenvalue weighted by molar-refractivity contribution is 9.10. The van der Waals surface area contributed by atoms with E-state index in [2.05, 4.69) is 20.9 Å². The molecule has 0 radical (unpaired) electrons. The van der Waals surface area contributed by atoms with E-state index in [1.54, 1.807) is 12.4 Å². The first-order valence-electron chi connectivity index (χ1n) is 6.65. The third-order valence-corrected chi connectivity index (χ3v) is 4.00. The lowest BCUT2D eigenvalue weighted by atomic mass is 9.85. The highest BCUT2D eigenvalue weighted by Crippen LogP contribution is 2.31. The predicted molar refractivity (Wildman–Crippen MR) is 76.1 cm³/mol. The molecule has 1 N–H and O–H groups in total. The second kappa shape index (κ2) is 6.79. The largest absolute Gasteiger partial charge is 0.390 e. The van der Waals surface area contributed by atoms with Crippen LogP contribution in [0, 0.1) is 0 Å². The summed E-state index contributed by atoms with van der Waals surface area (Å²) in [6.45, 7) is 3.86. The van der Waals surface area contributed by atoms with Crippen molar-refractivity contribution in [3.63, 3.8) is 0 Å². The molecule has 1 atom stereocenters. The molecule has 5 heteroatoms. The van der Waals surface area contributed by atoms with Gasteiger partial charge in [0.2, 0.25) is 0 Å². The number of pyridine rings is 1. The van der Waals surface area contributed by atoms with E-state index < -0.39 is 11.7 Å². The predicted octanol–water partition coefficient (Wildman–Crippen LogP) is 2.33. The van der Waals surface area contributed by atoms with Crippen LogP contribution in [0.3, 0.4) is 0 Å². The third-order valence-electron chi connectivity index (χ3n) is 3.57. The number of aliphatic hydroxyl groups excluding tert-OH is 1. The lowest BCUT2D eigenvalue weighted by Crippen LogP contribution is -2.50. The fourth-order valence-electron chi connectivity index (χ4n) is 2.55. The number of rotatable bonds is 5. The van der Waals surface area contributed by atoms with Crippen LogP contribution in [0.5, 0.6) is 0 Å². The molecule has 1 aliphatic rings. The maximum Gasteiger partial charge on any atom is 0.0987 e. The molecule has 1 fully saturated rings. The van der Waals surface area contributed by atoms with Crippen LogP contribution in [0.4, 0.5) is 0 Å². The van der Waals surface area contributed by atoms with Gasteiger partial charge in [-0.05, 0) is 34.5 Å². The van der Waals surface area contributed by atoms with Crippen molar-refractivity contribution in [2.24, 2.45) is 0 Å². The first kappa shape index (κ1) is 14.9. The molecule has 1 saturated heterocycles. The number of hydrogen-bond donors (Lipinski definition) is 1. The zero-order valence-corrected chi connectivity index (χ0v) is 12.7. The molecule has 0 spiro atoms. The molecule has 4 nitrogen and oxygen atoms in total. The van der Waals surface area contributed by atoms with Crippen molar-refractivity contribution >= 4 is 15.9 Å². The molecule has 0 bridgehead atoms. The van der Waals surface area contributed by atoms with E-state index in [1.165, 1.54) is 0 Å². The summed E-state index contributed by atoms with van der Waals surface area (Å²) in [4.78, 5) is 4.13. The number of aromatic nitrogens is 1. The van der Waals surface area contributed by atoms with E-state index in [0.717, 1.165) is 22.9 Å². The van der Waals surface area contributed by atoms with Crippen LogP contribution in [0.15, 0.2) is 22.9 Å². The number of aliphatic hydroxyl groups is 1. The van der Waals surface area contributed by atoms with Crippen molar-refractivity contribution < 1.29 is 14.6 Å². The molecule has 0 saturated carbocycles. The second-order valence-corrected chi connectivity index (χ2v) is 5.76. The van der Waals surface area contributed by atoms with Crippen LogP contribution in [0.1, 0.15) is 25.3 Å². The Morgan fingerprint density at radius 2 is 2.21 bits per heavy atom. The average molecular weight is 330 g/mol. The molecular formula is C14H20BrNO3.